The van der Waals surface area contributed by atoms with E-state index < -0.39 is 0 Å². The van der Waals surface area contributed by atoms with Crippen LogP contribution in [0.1, 0.15) is 24.5 Å². The zero-order valence-electron chi connectivity index (χ0n) is 17.7. The molecule has 0 unspecified atom stereocenters. The highest BCUT2D eigenvalue weighted by atomic mass is 32.2. The first-order valence-electron chi connectivity index (χ1n) is 10.1. The molecule has 0 radical (unpaired) electrons. The summed E-state index contributed by atoms with van der Waals surface area (Å²) >= 11 is 1.42. The van der Waals surface area contributed by atoms with Crippen LogP contribution in [0.25, 0.3) is 11.4 Å². The van der Waals surface area contributed by atoms with Crippen LogP contribution in [0.15, 0.2) is 53.7 Å². The lowest BCUT2D eigenvalue weighted by Crippen LogP contribution is -2.26. The summed E-state index contributed by atoms with van der Waals surface area (Å²) in [5.74, 6) is 2.03. The molecule has 0 saturated heterocycles. The number of nitrogens with zero attached hydrogens (tertiary/aromatic N) is 3. The van der Waals surface area contributed by atoms with Crippen molar-refractivity contribution in [1.29, 1.82) is 0 Å². The van der Waals surface area contributed by atoms with E-state index in [-0.39, 0.29) is 5.91 Å². The van der Waals surface area contributed by atoms with Crippen molar-refractivity contribution in [1.82, 2.24) is 20.1 Å². The SMILES string of the molecule is CCn1c(SCC(=O)NCCCc2ccc(OC)cc2)nnc1-c1cccc(C)c1. The van der Waals surface area contributed by atoms with Gasteiger partial charge in [-0.25, -0.2) is 0 Å². The van der Waals surface area contributed by atoms with Crippen LogP contribution < -0.4 is 10.1 Å². The van der Waals surface area contributed by atoms with Crippen molar-refractivity contribution < 1.29 is 9.53 Å². The van der Waals surface area contributed by atoms with Gasteiger partial charge in [0.25, 0.3) is 0 Å². The van der Waals surface area contributed by atoms with Gasteiger partial charge in [-0.15, -0.1) is 10.2 Å². The molecule has 6 nitrogen and oxygen atoms in total. The number of ether oxygens (including phenoxy) is 1. The summed E-state index contributed by atoms with van der Waals surface area (Å²) in [6.45, 7) is 5.53. The molecule has 3 rings (SSSR count). The van der Waals surface area contributed by atoms with Gasteiger partial charge >= 0.3 is 0 Å². The molecule has 0 aliphatic rings. The summed E-state index contributed by atoms with van der Waals surface area (Å²) < 4.78 is 7.22. The third kappa shape index (κ3) is 5.86. The number of amides is 1. The van der Waals surface area contributed by atoms with Crippen molar-refractivity contribution in [2.45, 2.75) is 38.4 Å². The summed E-state index contributed by atoms with van der Waals surface area (Å²) in [5.41, 5.74) is 3.46. The van der Waals surface area contributed by atoms with Gasteiger partial charge in [0.05, 0.1) is 12.9 Å². The average Bonchev–Trinajstić information content (AvgIpc) is 3.18. The van der Waals surface area contributed by atoms with Crippen molar-refractivity contribution in [3.8, 4) is 17.1 Å². The van der Waals surface area contributed by atoms with E-state index in [0.29, 0.717) is 12.3 Å². The fraction of sp³-hybridized carbons (Fsp3) is 0.348. The maximum Gasteiger partial charge on any atom is 0.230 e. The highest BCUT2D eigenvalue weighted by Gasteiger charge is 2.14. The number of carbonyl (C=O) groups excluding carboxylic acids is 1. The molecule has 158 valence electrons. The molecular weight excluding hydrogens is 396 g/mol. The van der Waals surface area contributed by atoms with Crippen LogP contribution in [-0.4, -0.2) is 40.1 Å². The van der Waals surface area contributed by atoms with E-state index >= 15 is 0 Å². The standard InChI is InChI=1S/C23H28N4O2S/c1-4-27-22(19-9-5-7-17(2)15-19)25-26-23(27)30-16-21(28)24-14-6-8-18-10-12-20(29-3)13-11-18/h5,7,9-13,15H,4,6,8,14,16H2,1-3H3,(H,24,28). The average molecular weight is 425 g/mol. The van der Waals surface area contributed by atoms with E-state index in [9.17, 15) is 4.79 Å². The second-order valence-electron chi connectivity index (χ2n) is 7.01. The Morgan fingerprint density at radius 2 is 1.97 bits per heavy atom. The van der Waals surface area contributed by atoms with E-state index in [1.54, 1.807) is 7.11 Å². The molecule has 1 aromatic heterocycles. The van der Waals surface area contributed by atoms with Crippen LogP contribution in [0.2, 0.25) is 0 Å². The van der Waals surface area contributed by atoms with Gasteiger partial charge in [-0.3, -0.25) is 4.79 Å². The first kappa shape index (κ1) is 21.9. The Morgan fingerprint density at radius 3 is 2.67 bits per heavy atom. The van der Waals surface area contributed by atoms with Crippen LogP contribution in [-0.2, 0) is 17.8 Å². The molecule has 2 aromatic carbocycles. The predicted molar refractivity (Wildman–Crippen MR) is 121 cm³/mol. The van der Waals surface area contributed by atoms with E-state index in [1.165, 1.54) is 22.9 Å². The molecule has 0 atom stereocenters. The molecule has 30 heavy (non-hydrogen) atoms. The van der Waals surface area contributed by atoms with Gasteiger partial charge in [0.2, 0.25) is 5.91 Å². The van der Waals surface area contributed by atoms with Gasteiger partial charge in [-0.1, -0.05) is 47.7 Å². The number of aryl methyl sites for hydroxylation is 2. The zero-order chi connectivity index (χ0) is 21.3. The summed E-state index contributed by atoms with van der Waals surface area (Å²) in [5, 5.41) is 12.4. The number of benzene rings is 2. The fourth-order valence-corrected chi connectivity index (χ4v) is 4.00. The third-order valence-corrected chi connectivity index (χ3v) is 5.73. The van der Waals surface area contributed by atoms with Gasteiger partial charge in [-0.2, -0.15) is 0 Å². The number of nitrogens with one attached hydrogen (secondary N) is 1. The largest absolute Gasteiger partial charge is 0.497 e. The van der Waals surface area contributed by atoms with E-state index in [2.05, 4.69) is 58.2 Å². The van der Waals surface area contributed by atoms with Crippen molar-refractivity contribution in [2.75, 3.05) is 19.4 Å². The second kappa shape index (κ2) is 10.8. The van der Waals surface area contributed by atoms with Crippen LogP contribution in [0.5, 0.6) is 5.75 Å². The zero-order valence-corrected chi connectivity index (χ0v) is 18.5. The summed E-state index contributed by atoms with van der Waals surface area (Å²) in [6, 6.07) is 16.2. The first-order valence-corrected chi connectivity index (χ1v) is 11.1. The van der Waals surface area contributed by atoms with Gasteiger partial charge < -0.3 is 14.6 Å². The number of aromatic nitrogens is 3. The number of methoxy groups -OCH3 is 1. The van der Waals surface area contributed by atoms with Crippen molar-refractivity contribution in [3.63, 3.8) is 0 Å². The Morgan fingerprint density at radius 1 is 1.17 bits per heavy atom. The Hall–Kier alpha value is -2.80. The van der Waals surface area contributed by atoms with E-state index in [0.717, 1.165) is 41.7 Å². The molecule has 1 N–H and O–H groups in total. The van der Waals surface area contributed by atoms with Crippen LogP contribution in [0, 0.1) is 6.92 Å². The molecule has 0 bridgehead atoms. The molecule has 0 aliphatic heterocycles. The molecule has 0 fully saturated rings. The number of rotatable bonds is 10. The maximum absolute atomic E-state index is 12.2. The van der Waals surface area contributed by atoms with Crippen LogP contribution >= 0.6 is 11.8 Å². The smallest absolute Gasteiger partial charge is 0.230 e. The fourth-order valence-electron chi connectivity index (χ4n) is 3.17. The van der Waals surface area contributed by atoms with E-state index in [4.69, 9.17) is 4.74 Å². The molecule has 1 heterocycles. The minimum Gasteiger partial charge on any atom is -0.497 e. The highest BCUT2D eigenvalue weighted by molar-refractivity contribution is 7.99. The molecule has 0 saturated carbocycles. The Kier molecular flexibility index (Phi) is 7.90. The molecule has 1 amide bonds. The number of hydrogen-bond acceptors (Lipinski definition) is 5. The van der Waals surface area contributed by atoms with Crippen molar-refractivity contribution >= 4 is 17.7 Å². The van der Waals surface area contributed by atoms with E-state index in [1.807, 2.05) is 24.3 Å². The lowest BCUT2D eigenvalue weighted by molar-refractivity contribution is -0.118. The Bertz CT molecular complexity index is 970. The predicted octanol–water partition coefficient (Wildman–Crippen LogP) is 4.12. The molecule has 3 aromatic rings. The van der Waals surface area contributed by atoms with Crippen LogP contribution in [0.3, 0.4) is 0 Å². The number of hydrogen-bond donors (Lipinski definition) is 1. The lowest BCUT2D eigenvalue weighted by atomic mass is 10.1. The highest BCUT2D eigenvalue weighted by Crippen LogP contribution is 2.24. The van der Waals surface area contributed by atoms with Gasteiger partial charge in [0.1, 0.15) is 5.75 Å². The first-order chi connectivity index (χ1) is 14.6. The Labute approximate surface area is 182 Å². The summed E-state index contributed by atoms with van der Waals surface area (Å²) in [6.07, 6.45) is 1.81. The monoisotopic (exact) mass is 424 g/mol. The molecule has 7 heteroatoms. The quantitative estimate of drug-likeness (QED) is 0.392. The molecule has 0 spiro atoms. The summed E-state index contributed by atoms with van der Waals surface area (Å²) in [4.78, 5) is 12.2. The normalized spacial score (nSPS) is 10.8. The Balaban J connectivity index is 1.46. The lowest BCUT2D eigenvalue weighted by Gasteiger charge is -2.08. The van der Waals surface area contributed by atoms with Gasteiger partial charge in [0, 0.05) is 18.7 Å². The molecule has 0 aliphatic carbocycles. The number of carbonyl (C=O) groups is 1. The topological polar surface area (TPSA) is 69.0 Å². The third-order valence-electron chi connectivity index (χ3n) is 4.77. The van der Waals surface area contributed by atoms with Gasteiger partial charge in [-0.05, 0) is 50.5 Å². The van der Waals surface area contributed by atoms with Gasteiger partial charge in [0.15, 0.2) is 11.0 Å². The minimum absolute atomic E-state index is 0.0116. The summed E-state index contributed by atoms with van der Waals surface area (Å²) in [7, 11) is 1.66. The molecular formula is C23H28N4O2S. The van der Waals surface area contributed by atoms with Crippen molar-refractivity contribution in [3.05, 3.63) is 59.7 Å². The maximum atomic E-state index is 12.2. The number of thioether (sulfide) groups is 1. The second-order valence-corrected chi connectivity index (χ2v) is 7.95. The van der Waals surface area contributed by atoms with Crippen molar-refractivity contribution in [2.24, 2.45) is 0 Å². The minimum atomic E-state index is 0.0116. The van der Waals surface area contributed by atoms with Crippen LogP contribution in [0.4, 0.5) is 0 Å².